The number of aryl methyl sites for hydroxylation is 3. The molecule has 25 heavy (non-hydrogen) atoms. The van der Waals surface area contributed by atoms with E-state index in [1.807, 2.05) is 27.7 Å². The summed E-state index contributed by atoms with van der Waals surface area (Å²) >= 11 is 1.42. The van der Waals surface area contributed by atoms with E-state index in [0.717, 1.165) is 27.3 Å². The number of carbonyl (C=O) groups excluding carboxylic acids is 1. The first-order valence-electron chi connectivity index (χ1n) is 8.36. The minimum absolute atomic E-state index is 0.000823. The summed E-state index contributed by atoms with van der Waals surface area (Å²) in [6.45, 7) is 12.2. The van der Waals surface area contributed by atoms with Gasteiger partial charge in [0.15, 0.2) is 10.8 Å². The predicted octanol–water partition coefficient (Wildman–Crippen LogP) is 3.81. The molecular weight excluding hydrogens is 332 g/mol. The number of amides is 1. The summed E-state index contributed by atoms with van der Waals surface area (Å²) in [6.07, 6.45) is 0. The van der Waals surface area contributed by atoms with Gasteiger partial charge in [-0.25, -0.2) is 0 Å². The van der Waals surface area contributed by atoms with Crippen LogP contribution in [0.5, 0.6) is 0 Å². The van der Waals surface area contributed by atoms with Gasteiger partial charge in [0.2, 0.25) is 5.91 Å². The lowest BCUT2D eigenvalue weighted by molar-refractivity contribution is -0.119. The minimum atomic E-state index is -0.235. The number of rotatable bonds is 3. The van der Waals surface area contributed by atoms with Gasteiger partial charge in [-0.15, -0.1) is 10.2 Å². The SMILES string of the molecule is Cc1ccc2cc(C)c3nnc(SCC(=O)NC(C)(C)C)n3c2c1C. The topological polar surface area (TPSA) is 59.3 Å². The molecule has 1 amide bonds. The van der Waals surface area contributed by atoms with Crippen molar-refractivity contribution in [3.63, 3.8) is 0 Å². The van der Waals surface area contributed by atoms with Crippen molar-refractivity contribution in [2.75, 3.05) is 5.75 Å². The van der Waals surface area contributed by atoms with Crippen molar-refractivity contribution in [1.29, 1.82) is 0 Å². The second-order valence-electron chi connectivity index (χ2n) is 7.50. The summed E-state index contributed by atoms with van der Waals surface area (Å²) in [6, 6.07) is 6.41. The zero-order chi connectivity index (χ0) is 18.4. The van der Waals surface area contributed by atoms with Gasteiger partial charge in [-0.1, -0.05) is 23.9 Å². The zero-order valence-corrected chi connectivity index (χ0v) is 16.4. The van der Waals surface area contributed by atoms with Gasteiger partial charge in [0.05, 0.1) is 11.3 Å². The zero-order valence-electron chi connectivity index (χ0n) is 15.6. The highest BCUT2D eigenvalue weighted by Gasteiger charge is 2.18. The van der Waals surface area contributed by atoms with E-state index in [1.165, 1.54) is 22.9 Å². The van der Waals surface area contributed by atoms with Crippen LogP contribution < -0.4 is 5.32 Å². The average molecular weight is 356 g/mol. The van der Waals surface area contributed by atoms with Crippen molar-refractivity contribution in [2.24, 2.45) is 0 Å². The van der Waals surface area contributed by atoms with E-state index in [4.69, 9.17) is 0 Å². The number of hydrogen-bond acceptors (Lipinski definition) is 4. The Kier molecular flexibility index (Phi) is 4.49. The van der Waals surface area contributed by atoms with Gasteiger partial charge in [0.1, 0.15) is 0 Å². The molecule has 5 nitrogen and oxygen atoms in total. The van der Waals surface area contributed by atoms with Crippen molar-refractivity contribution >= 4 is 34.2 Å². The Morgan fingerprint density at radius 2 is 1.88 bits per heavy atom. The molecule has 2 heterocycles. The Labute approximate surface area is 152 Å². The maximum atomic E-state index is 12.2. The lowest BCUT2D eigenvalue weighted by atomic mass is 10.0. The minimum Gasteiger partial charge on any atom is -0.351 e. The number of aromatic nitrogens is 3. The third-order valence-corrected chi connectivity index (χ3v) is 5.09. The number of thioether (sulfide) groups is 1. The standard InChI is InChI=1S/C19H24N4OS/c1-11-7-8-14-9-12(2)17-21-22-18(23(17)16(14)13(11)3)25-10-15(24)20-19(4,5)6/h7-9H,10H2,1-6H3,(H,20,24). The van der Waals surface area contributed by atoms with Crippen molar-refractivity contribution in [3.05, 3.63) is 34.9 Å². The van der Waals surface area contributed by atoms with Gasteiger partial charge < -0.3 is 5.32 Å². The average Bonchev–Trinajstić information content (AvgIpc) is 2.92. The number of hydrogen-bond donors (Lipinski definition) is 1. The first-order valence-corrected chi connectivity index (χ1v) is 9.34. The van der Waals surface area contributed by atoms with Crippen LogP contribution in [0.15, 0.2) is 23.4 Å². The fraction of sp³-hybridized carbons (Fsp3) is 0.421. The molecule has 0 radical (unpaired) electrons. The van der Waals surface area contributed by atoms with Crippen LogP contribution in [0.1, 0.15) is 37.5 Å². The van der Waals surface area contributed by atoms with Crippen LogP contribution in [-0.4, -0.2) is 31.8 Å². The Bertz CT molecular complexity index is 969. The molecule has 3 rings (SSSR count). The fourth-order valence-corrected chi connectivity index (χ4v) is 3.68. The molecule has 2 aromatic heterocycles. The molecule has 1 N–H and O–H groups in total. The molecule has 0 unspecified atom stereocenters. The number of carbonyl (C=O) groups is 1. The van der Waals surface area contributed by atoms with Crippen molar-refractivity contribution in [2.45, 2.75) is 52.2 Å². The molecule has 3 aromatic rings. The Morgan fingerprint density at radius 1 is 1.16 bits per heavy atom. The molecule has 0 saturated heterocycles. The van der Waals surface area contributed by atoms with Crippen LogP contribution in [0, 0.1) is 20.8 Å². The molecule has 0 fully saturated rings. The lowest BCUT2D eigenvalue weighted by Gasteiger charge is -2.20. The Morgan fingerprint density at radius 3 is 2.56 bits per heavy atom. The number of benzene rings is 1. The molecule has 0 aliphatic heterocycles. The van der Waals surface area contributed by atoms with E-state index in [9.17, 15) is 4.79 Å². The second-order valence-corrected chi connectivity index (χ2v) is 8.44. The normalized spacial score (nSPS) is 12.1. The van der Waals surface area contributed by atoms with Crippen molar-refractivity contribution in [3.8, 4) is 0 Å². The highest BCUT2D eigenvalue weighted by molar-refractivity contribution is 7.99. The maximum absolute atomic E-state index is 12.2. The second kappa shape index (κ2) is 6.33. The Balaban J connectivity index is 2.05. The smallest absolute Gasteiger partial charge is 0.230 e. The largest absolute Gasteiger partial charge is 0.351 e. The number of nitrogens with zero attached hydrogens (tertiary/aromatic N) is 3. The molecule has 0 saturated carbocycles. The third kappa shape index (κ3) is 3.49. The molecular formula is C19H24N4OS. The molecule has 6 heteroatoms. The Hall–Kier alpha value is -2.08. The maximum Gasteiger partial charge on any atom is 0.230 e. The lowest BCUT2D eigenvalue weighted by Crippen LogP contribution is -2.41. The number of nitrogens with one attached hydrogen (secondary N) is 1. The molecule has 1 aromatic carbocycles. The molecule has 0 spiro atoms. The van der Waals surface area contributed by atoms with Crippen LogP contribution in [0.4, 0.5) is 0 Å². The van der Waals surface area contributed by atoms with Crippen LogP contribution >= 0.6 is 11.8 Å². The number of pyridine rings is 1. The van der Waals surface area contributed by atoms with E-state index in [1.54, 1.807) is 0 Å². The summed E-state index contributed by atoms with van der Waals surface area (Å²) in [7, 11) is 0. The van der Waals surface area contributed by atoms with Crippen LogP contribution in [-0.2, 0) is 4.79 Å². The summed E-state index contributed by atoms with van der Waals surface area (Å²) < 4.78 is 2.09. The van der Waals surface area contributed by atoms with Crippen LogP contribution in [0.3, 0.4) is 0 Å². The first-order chi connectivity index (χ1) is 11.7. The van der Waals surface area contributed by atoms with Crippen molar-refractivity contribution in [1.82, 2.24) is 19.9 Å². The van der Waals surface area contributed by atoms with Crippen LogP contribution in [0.25, 0.3) is 16.6 Å². The third-order valence-electron chi connectivity index (χ3n) is 4.16. The summed E-state index contributed by atoms with van der Waals surface area (Å²) in [5.41, 5.74) is 5.25. The van der Waals surface area contributed by atoms with Gasteiger partial charge >= 0.3 is 0 Å². The van der Waals surface area contributed by atoms with Crippen molar-refractivity contribution < 1.29 is 4.79 Å². The molecule has 0 aliphatic carbocycles. The summed E-state index contributed by atoms with van der Waals surface area (Å²) in [5, 5.41) is 13.6. The van der Waals surface area contributed by atoms with Crippen LogP contribution in [0.2, 0.25) is 0 Å². The van der Waals surface area contributed by atoms with E-state index in [-0.39, 0.29) is 11.4 Å². The van der Waals surface area contributed by atoms with Gasteiger partial charge in [0.25, 0.3) is 0 Å². The van der Waals surface area contributed by atoms with Gasteiger partial charge in [-0.3, -0.25) is 9.20 Å². The number of fused-ring (bicyclic) bond motifs is 3. The molecule has 0 aliphatic rings. The molecule has 0 atom stereocenters. The fourth-order valence-electron chi connectivity index (χ4n) is 2.94. The van der Waals surface area contributed by atoms with Gasteiger partial charge in [-0.2, -0.15) is 0 Å². The first kappa shape index (κ1) is 17.7. The predicted molar refractivity (Wildman–Crippen MR) is 103 cm³/mol. The molecule has 132 valence electrons. The quantitative estimate of drug-likeness (QED) is 0.725. The monoisotopic (exact) mass is 356 g/mol. The van der Waals surface area contributed by atoms with E-state index >= 15 is 0 Å². The van der Waals surface area contributed by atoms with E-state index in [0.29, 0.717) is 5.75 Å². The van der Waals surface area contributed by atoms with E-state index in [2.05, 4.69) is 52.0 Å². The summed E-state index contributed by atoms with van der Waals surface area (Å²) in [4.78, 5) is 12.2. The van der Waals surface area contributed by atoms with E-state index < -0.39 is 0 Å². The highest BCUT2D eigenvalue weighted by atomic mass is 32.2. The molecule has 0 bridgehead atoms. The summed E-state index contributed by atoms with van der Waals surface area (Å²) in [5.74, 6) is 0.317. The van der Waals surface area contributed by atoms with Gasteiger partial charge in [0, 0.05) is 5.54 Å². The van der Waals surface area contributed by atoms with Gasteiger partial charge in [-0.05, 0) is 69.7 Å². The highest BCUT2D eigenvalue weighted by Crippen LogP contribution is 2.29.